The van der Waals surface area contributed by atoms with Crippen LogP contribution in [0.1, 0.15) is 39.0 Å². The van der Waals surface area contributed by atoms with Crippen molar-refractivity contribution in [1.29, 1.82) is 0 Å². The summed E-state index contributed by atoms with van der Waals surface area (Å²) in [5, 5.41) is 0.400. The smallest absolute Gasteiger partial charge is 0.0859 e. The molecule has 0 fully saturated rings. The van der Waals surface area contributed by atoms with Gasteiger partial charge in [0.2, 0.25) is 0 Å². The highest BCUT2D eigenvalue weighted by Crippen LogP contribution is 2.15. The molecule has 0 heterocycles. The number of unbranched alkanes of at least 4 members (excludes halogenated alkanes) is 3. The van der Waals surface area contributed by atoms with E-state index in [9.17, 15) is 0 Å². The zero-order chi connectivity index (χ0) is 9.40. The molecule has 0 aliphatic heterocycles. The second-order valence-corrected chi connectivity index (χ2v) is 4.49. The van der Waals surface area contributed by atoms with Crippen molar-refractivity contribution in [2.45, 2.75) is 44.3 Å². The first kappa shape index (κ1) is 12.2. The van der Waals surface area contributed by atoms with Crippen LogP contribution in [-0.2, 0) is 0 Å². The van der Waals surface area contributed by atoms with Crippen LogP contribution >= 0.6 is 24.0 Å². The molecule has 0 saturated heterocycles. The lowest BCUT2D eigenvalue weighted by Crippen LogP contribution is -2.23. The third-order valence-electron chi connectivity index (χ3n) is 1.92. The molecule has 0 aromatic heterocycles. The Labute approximate surface area is 85.5 Å². The molecular weight excluding hydrogens is 186 g/mol. The quantitative estimate of drug-likeness (QED) is 0.511. The molecule has 12 heavy (non-hydrogen) atoms. The Morgan fingerprint density at radius 1 is 1.42 bits per heavy atom. The summed E-state index contributed by atoms with van der Waals surface area (Å²) in [6.45, 7) is 2.22. The van der Waals surface area contributed by atoms with Gasteiger partial charge in [0.1, 0.15) is 0 Å². The highest BCUT2D eigenvalue weighted by Gasteiger charge is 2.08. The molecule has 0 aliphatic carbocycles. The molecule has 0 aromatic carbocycles. The number of hydrogen-bond donors (Lipinski definition) is 1. The molecule has 3 heteroatoms. The molecule has 1 nitrogen and oxygen atoms in total. The lowest BCUT2D eigenvalue weighted by atomic mass is 10.1. The van der Waals surface area contributed by atoms with Crippen LogP contribution in [0.5, 0.6) is 0 Å². The number of thioether (sulfide) groups is 1. The second kappa shape index (κ2) is 7.87. The molecule has 0 radical (unpaired) electrons. The molecule has 1 atom stereocenters. The Morgan fingerprint density at radius 2 is 2.08 bits per heavy atom. The van der Waals surface area contributed by atoms with Gasteiger partial charge in [-0.3, -0.25) is 0 Å². The summed E-state index contributed by atoms with van der Waals surface area (Å²) in [6.07, 6.45) is 8.42. The van der Waals surface area contributed by atoms with Crippen LogP contribution in [-0.4, -0.2) is 16.5 Å². The van der Waals surface area contributed by atoms with Crippen LogP contribution in [0.25, 0.3) is 0 Å². The van der Waals surface area contributed by atoms with Gasteiger partial charge in [-0.1, -0.05) is 44.8 Å². The van der Waals surface area contributed by atoms with E-state index in [1.165, 1.54) is 25.7 Å². The lowest BCUT2D eigenvalue weighted by molar-refractivity contribution is 0.648. The number of nitrogens with two attached hydrogens (primary N) is 1. The predicted octanol–water partition coefficient (Wildman–Crippen LogP) is 2.97. The van der Waals surface area contributed by atoms with Crippen LogP contribution in [0.4, 0.5) is 0 Å². The Kier molecular flexibility index (Phi) is 8.02. The standard InChI is InChI=1S/C9H19NS2/c1-3-4-5-6-7-8(12-2)9(10)11/h8H,3-7H2,1-2H3,(H2,10,11). The number of thiocarbonyl (C=S) groups is 1. The minimum absolute atomic E-state index is 0.400. The Morgan fingerprint density at radius 3 is 2.50 bits per heavy atom. The van der Waals surface area contributed by atoms with Crippen molar-refractivity contribution >= 4 is 29.0 Å². The van der Waals surface area contributed by atoms with E-state index in [4.69, 9.17) is 18.0 Å². The maximum atomic E-state index is 5.57. The van der Waals surface area contributed by atoms with Crippen molar-refractivity contribution in [2.24, 2.45) is 5.73 Å². The molecule has 0 amide bonds. The van der Waals surface area contributed by atoms with Gasteiger partial charge in [-0.15, -0.1) is 0 Å². The first-order chi connectivity index (χ1) is 5.72. The predicted molar refractivity (Wildman–Crippen MR) is 62.8 cm³/mol. The Balaban J connectivity index is 3.38. The van der Waals surface area contributed by atoms with E-state index in [2.05, 4.69) is 13.2 Å². The second-order valence-electron chi connectivity index (χ2n) is 2.98. The molecule has 0 rings (SSSR count). The highest BCUT2D eigenvalue weighted by atomic mass is 32.2. The Hall–Kier alpha value is 0.240. The van der Waals surface area contributed by atoms with E-state index in [1.54, 1.807) is 11.8 Å². The van der Waals surface area contributed by atoms with E-state index in [-0.39, 0.29) is 0 Å². The summed E-state index contributed by atoms with van der Waals surface area (Å²) in [7, 11) is 0. The number of rotatable bonds is 7. The highest BCUT2D eigenvalue weighted by molar-refractivity contribution is 8.01. The molecule has 0 spiro atoms. The molecule has 2 N–H and O–H groups in total. The van der Waals surface area contributed by atoms with Crippen LogP contribution in [0.2, 0.25) is 0 Å². The fraction of sp³-hybridized carbons (Fsp3) is 0.889. The van der Waals surface area contributed by atoms with Crippen LogP contribution in [0, 0.1) is 0 Å². The topological polar surface area (TPSA) is 26.0 Å². The average Bonchev–Trinajstić information content (AvgIpc) is 2.04. The molecular formula is C9H19NS2. The van der Waals surface area contributed by atoms with Gasteiger partial charge in [0, 0.05) is 0 Å². The Bertz CT molecular complexity index is 126. The van der Waals surface area contributed by atoms with Gasteiger partial charge in [0.25, 0.3) is 0 Å². The van der Waals surface area contributed by atoms with Crippen LogP contribution in [0.15, 0.2) is 0 Å². The van der Waals surface area contributed by atoms with E-state index >= 15 is 0 Å². The van der Waals surface area contributed by atoms with Gasteiger partial charge in [-0.05, 0) is 12.7 Å². The van der Waals surface area contributed by atoms with Crippen molar-refractivity contribution in [3.8, 4) is 0 Å². The first-order valence-corrected chi connectivity index (χ1v) is 6.24. The normalized spacial score (nSPS) is 12.8. The fourth-order valence-electron chi connectivity index (χ4n) is 1.13. The monoisotopic (exact) mass is 205 g/mol. The molecule has 72 valence electrons. The van der Waals surface area contributed by atoms with Gasteiger partial charge in [0.05, 0.1) is 10.2 Å². The third-order valence-corrected chi connectivity index (χ3v) is 3.41. The van der Waals surface area contributed by atoms with Crippen molar-refractivity contribution in [3.05, 3.63) is 0 Å². The summed E-state index contributed by atoms with van der Waals surface area (Å²) < 4.78 is 0. The molecule has 1 unspecified atom stereocenters. The van der Waals surface area contributed by atoms with Crippen molar-refractivity contribution in [3.63, 3.8) is 0 Å². The first-order valence-electron chi connectivity index (χ1n) is 4.54. The van der Waals surface area contributed by atoms with E-state index in [1.807, 2.05) is 0 Å². The summed E-state index contributed by atoms with van der Waals surface area (Å²) in [5.74, 6) is 0. The SMILES string of the molecule is CCCCCCC(SC)C(N)=S. The fourth-order valence-corrected chi connectivity index (χ4v) is 2.17. The lowest BCUT2D eigenvalue weighted by Gasteiger charge is -2.11. The number of hydrogen-bond acceptors (Lipinski definition) is 2. The zero-order valence-electron chi connectivity index (χ0n) is 8.01. The van der Waals surface area contributed by atoms with Crippen LogP contribution in [0.3, 0.4) is 0 Å². The van der Waals surface area contributed by atoms with Gasteiger partial charge in [-0.2, -0.15) is 11.8 Å². The molecule has 0 aliphatic rings. The van der Waals surface area contributed by atoms with Gasteiger partial charge in [-0.25, -0.2) is 0 Å². The minimum atomic E-state index is 0.400. The molecule has 0 bridgehead atoms. The molecule has 0 saturated carbocycles. The summed E-state index contributed by atoms with van der Waals surface area (Å²) >= 11 is 6.72. The maximum Gasteiger partial charge on any atom is 0.0859 e. The molecule has 0 aromatic rings. The third kappa shape index (κ3) is 5.84. The summed E-state index contributed by atoms with van der Waals surface area (Å²) in [4.78, 5) is 0.666. The van der Waals surface area contributed by atoms with Gasteiger partial charge >= 0.3 is 0 Å². The van der Waals surface area contributed by atoms with Gasteiger partial charge in [0.15, 0.2) is 0 Å². The summed E-state index contributed by atoms with van der Waals surface area (Å²) in [6, 6.07) is 0. The van der Waals surface area contributed by atoms with E-state index in [0.29, 0.717) is 10.2 Å². The minimum Gasteiger partial charge on any atom is -0.392 e. The van der Waals surface area contributed by atoms with Crippen LogP contribution < -0.4 is 5.73 Å². The zero-order valence-corrected chi connectivity index (χ0v) is 9.64. The average molecular weight is 205 g/mol. The summed E-state index contributed by atoms with van der Waals surface area (Å²) in [5.41, 5.74) is 5.57. The van der Waals surface area contributed by atoms with E-state index in [0.717, 1.165) is 6.42 Å². The van der Waals surface area contributed by atoms with Crippen molar-refractivity contribution in [1.82, 2.24) is 0 Å². The van der Waals surface area contributed by atoms with E-state index < -0.39 is 0 Å². The van der Waals surface area contributed by atoms with Crippen molar-refractivity contribution in [2.75, 3.05) is 6.26 Å². The maximum absolute atomic E-state index is 5.57. The largest absolute Gasteiger partial charge is 0.392 e. The van der Waals surface area contributed by atoms with Crippen molar-refractivity contribution < 1.29 is 0 Å². The van der Waals surface area contributed by atoms with Gasteiger partial charge < -0.3 is 5.73 Å².